The molecule has 1 fully saturated rings. The van der Waals surface area contributed by atoms with E-state index in [0.717, 1.165) is 51.1 Å². The minimum absolute atomic E-state index is 0. The highest BCUT2D eigenvalue weighted by atomic mass is 127. The fraction of sp³-hybridized carbons (Fsp3) is 0.941. The molecule has 1 unspecified atom stereocenters. The lowest BCUT2D eigenvalue weighted by Crippen LogP contribution is -2.41. The standard InChI is InChI=1S/C17H36N4S.HI/c1-5-18-17(19-11-8-9-13-22-4)21-12-10-16(15-21)14-20(6-2)7-3;/h16H,5-15H2,1-4H3,(H,18,19);1H. The van der Waals surface area contributed by atoms with Gasteiger partial charge in [-0.3, -0.25) is 4.99 Å². The van der Waals surface area contributed by atoms with Crippen LogP contribution in [-0.2, 0) is 0 Å². The number of thioether (sulfide) groups is 1. The quantitative estimate of drug-likeness (QED) is 0.236. The predicted octanol–water partition coefficient (Wildman–Crippen LogP) is 3.38. The van der Waals surface area contributed by atoms with Crippen molar-refractivity contribution in [2.75, 3.05) is 57.8 Å². The predicted molar refractivity (Wildman–Crippen MR) is 116 cm³/mol. The Bertz CT molecular complexity index is 311. The molecule has 1 aliphatic heterocycles. The van der Waals surface area contributed by atoms with Crippen molar-refractivity contribution in [2.24, 2.45) is 10.9 Å². The third-order valence-corrected chi connectivity index (χ3v) is 5.05. The van der Waals surface area contributed by atoms with Crippen molar-refractivity contribution in [3.8, 4) is 0 Å². The lowest BCUT2D eigenvalue weighted by atomic mass is 10.1. The SMILES string of the molecule is CCNC(=NCCCCSC)N1CCC(CN(CC)CC)C1.I. The van der Waals surface area contributed by atoms with E-state index in [0.29, 0.717) is 0 Å². The van der Waals surface area contributed by atoms with Crippen molar-refractivity contribution in [1.29, 1.82) is 0 Å². The van der Waals surface area contributed by atoms with E-state index in [1.807, 2.05) is 11.8 Å². The Labute approximate surface area is 165 Å². The van der Waals surface area contributed by atoms with Crippen molar-refractivity contribution in [3.05, 3.63) is 0 Å². The zero-order chi connectivity index (χ0) is 16.2. The normalized spacial score (nSPS) is 18.4. The summed E-state index contributed by atoms with van der Waals surface area (Å²) >= 11 is 1.93. The van der Waals surface area contributed by atoms with Crippen LogP contribution in [0.15, 0.2) is 4.99 Å². The Kier molecular flexibility index (Phi) is 14.8. The largest absolute Gasteiger partial charge is 0.357 e. The second-order valence-electron chi connectivity index (χ2n) is 6.02. The molecule has 0 aromatic heterocycles. The smallest absolute Gasteiger partial charge is 0.193 e. The van der Waals surface area contributed by atoms with Crippen LogP contribution in [0.4, 0.5) is 0 Å². The summed E-state index contributed by atoms with van der Waals surface area (Å²) in [5.41, 5.74) is 0. The number of likely N-dealkylation sites (tertiary alicyclic amines) is 1. The zero-order valence-electron chi connectivity index (χ0n) is 15.5. The molecular weight excluding hydrogens is 419 g/mol. The van der Waals surface area contributed by atoms with Crippen molar-refractivity contribution >= 4 is 41.7 Å². The Hall–Kier alpha value is 0.310. The molecule has 0 aromatic carbocycles. The minimum atomic E-state index is 0. The van der Waals surface area contributed by atoms with Gasteiger partial charge in [-0.05, 0) is 57.2 Å². The first-order valence-electron chi connectivity index (χ1n) is 8.99. The average molecular weight is 456 g/mol. The van der Waals surface area contributed by atoms with E-state index in [9.17, 15) is 0 Å². The summed E-state index contributed by atoms with van der Waals surface area (Å²) < 4.78 is 0. The number of halogens is 1. The maximum atomic E-state index is 4.83. The molecule has 138 valence electrons. The van der Waals surface area contributed by atoms with Gasteiger partial charge < -0.3 is 15.1 Å². The lowest BCUT2D eigenvalue weighted by Gasteiger charge is -2.24. The molecule has 1 rings (SSSR count). The average Bonchev–Trinajstić information content (AvgIpc) is 2.99. The van der Waals surface area contributed by atoms with E-state index >= 15 is 0 Å². The van der Waals surface area contributed by atoms with Crippen molar-refractivity contribution in [2.45, 2.75) is 40.0 Å². The first kappa shape index (κ1) is 23.3. The van der Waals surface area contributed by atoms with Crippen molar-refractivity contribution in [1.82, 2.24) is 15.1 Å². The van der Waals surface area contributed by atoms with Crippen LogP contribution in [-0.4, -0.2) is 73.6 Å². The number of guanidine groups is 1. The van der Waals surface area contributed by atoms with E-state index < -0.39 is 0 Å². The van der Waals surface area contributed by atoms with Crippen LogP contribution in [0.2, 0.25) is 0 Å². The third-order valence-electron chi connectivity index (χ3n) is 4.35. The van der Waals surface area contributed by atoms with E-state index in [2.05, 4.69) is 42.1 Å². The van der Waals surface area contributed by atoms with Crippen molar-refractivity contribution < 1.29 is 0 Å². The molecule has 23 heavy (non-hydrogen) atoms. The van der Waals surface area contributed by atoms with Crippen LogP contribution in [0, 0.1) is 5.92 Å². The summed E-state index contributed by atoms with van der Waals surface area (Å²) in [5, 5.41) is 3.47. The highest BCUT2D eigenvalue weighted by Crippen LogP contribution is 2.17. The highest BCUT2D eigenvalue weighted by molar-refractivity contribution is 14.0. The van der Waals surface area contributed by atoms with Crippen LogP contribution >= 0.6 is 35.7 Å². The van der Waals surface area contributed by atoms with Gasteiger partial charge in [0, 0.05) is 32.7 Å². The number of hydrogen-bond acceptors (Lipinski definition) is 3. The van der Waals surface area contributed by atoms with Gasteiger partial charge in [-0.2, -0.15) is 11.8 Å². The lowest BCUT2D eigenvalue weighted by molar-refractivity contribution is 0.255. The Morgan fingerprint density at radius 3 is 2.61 bits per heavy atom. The molecule has 0 aromatic rings. The molecule has 0 amide bonds. The Morgan fingerprint density at radius 1 is 1.26 bits per heavy atom. The molecule has 0 spiro atoms. The van der Waals surface area contributed by atoms with Crippen LogP contribution in [0.5, 0.6) is 0 Å². The van der Waals surface area contributed by atoms with Crippen LogP contribution < -0.4 is 5.32 Å². The molecule has 6 heteroatoms. The second kappa shape index (κ2) is 14.6. The Balaban J connectivity index is 0.00000484. The maximum Gasteiger partial charge on any atom is 0.193 e. The molecule has 1 heterocycles. The number of aliphatic imine (C=N–C) groups is 1. The van der Waals surface area contributed by atoms with Gasteiger partial charge in [0.05, 0.1) is 0 Å². The number of nitrogens with one attached hydrogen (secondary N) is 1. The summed E-state index contributed by atoms with van der Waals surface area (Å²) in [7, 11) is 0. The van der Waals surface area contributed by atoms with E-state index in [1.54, 1.807) is 0 Å². The van der Waals surface area contributed by atoms with E-state index in [4.69, 9.17) is 4.99 Å². The van der Waals surface area contributed by atoms with E-state index in [1.165, 1.54) is 31.6 Å². The van der Waals surface area contributed by atoms with Gasteiger partial charge in [0.25, 0.3) is 0 Å². The molecule has 0 saturated carbocycles. The number of hydrogen-bond donors (Lipinski definition) is 1. The number of rotatable bonds is 10. The molecule has 1 saturated heterocycles. The van der Waals surface area contributed by atoms with Gasteiger partial charge in [0.15, 0.2) is 5.96 Å². The number of unbranched alkanes of at least 4 members (excludes halogenated alkanes) is 1. The fourth-order valence-corrected chi connectivity index (χ4v) is 3.48. The third kappa shape index (κ3) is 9.39. The highest BCUT2D eigenvalue weighted by Gasteiger charge is 2.25. The molecule has 0 aliphatic carbocycles. The maximum absolute atomic E-state index is 4.83. The van der Waals surface area contributed by atoms with Gasteiger partial charge in [-0.25, -0.2) is 0 Å². The molecule has 4 nitrogen and oxygen atoms in total. The second-order valence-corrected chi connectivity index (χ2v) is 7.01. The zero-order valence-corrected chi connectivity index (χ0v) is 18.7. The molecule has 1 N–H and O–H groups in total. The summed E-state index contributed by atoms with van der Waals surface area (Å²) in [6.45, 7) is 14.5. The summed E-state index contributed by atoms with van der Waals surface area (Å²) in [6.07, 6.45) is 5.95. The van der Waals surface area contributed by atoms with E-state index in [-0.39, 0.29) is 24.0 Å². The summed E-state index contributed by atoms with van der Waals surface area (Å²) in [6, 6.07) is 0. The topological polar surface area (TPSA) is 30.9 Å². The molecule has 1 aliphatic rings. The van der Waals surface area contributed by atoms with Gasteiger partial charge in [-0.15, -0.1) is 24.0 Å². The van der Waals surface area contributed by atoms with Crippen LogP contribution in [0.3, 0.4) is 0 Å². The first-order valence-corrected chi connectivity index (χ1v) is 10.4. The summed E-state index contributed by atoms with van der Waals surface area (Å²) in [4.78, 5) is 9.84. The molecule has 1 atom stereocenters. The fourth-order valence-electron chi connectivity index (χ4n) is 2.99. The van der Waals surface area contributed by atoms with Gasteiger partial charge in [-0.1, -0.05) is 13.8 Å². The first-order chi connectivity index (χ1) is 10.7. The summed E-state index contributed by atoms with van der Waals surface area (Å²) in [5.74, 6) is 3.18. The Morgan fingerprint density at radius 2 is 2.00 bits per heavy atom. The van der Waals surface area contributed by atoms with Gasteiger partial charge in [0.1, 0.15) is 0 Å². The molecule has 0 bridgehead atoms. The van der Waals surface area contributed by atoms with Crippen LogP contribution in [0.25, 0.3) is 0 Å². The van der Waals surface area contributed by atoms with Gasteiger partial charge in [0.2, 0.25) is 0 Å². The minimum Gasteiger partial charge on any atom is -0.357 e. The van der Waals surface area contributed by atoms with Crippen LogP contribution in [0.1, 0.15) is 40.0 Å². The van der Waals surface area contributed by atoms with Crippen molar-refractivity contribution in [3.63, 3.8) is 0 Å². The van der Waals surface area contributed by atoms with Gasteiger partial charge >= 0.3 is 0 Å². The molecule has 0 radical (unpaired) electrons. The monoisotopic (exact) mass is 456 g/mol. The molecular formula is C17H37IN4S. The number of nitrogens with zero attached hydrogens (tertiary/aromatic N) is 3.